The molecule has 6 nitrogen and oxygen atoms in total. The fourth-order valence-electron chi connectivity index (χ4n) is 3.06. The summed E-state index contributed by atoms with van der Waals surface area (Å²) in [6, 6.07) is 15.4. The van der Waals surface area contributed by atoms with E-state index in [1.807, 2.05) is 56.3 Å². The Hall–Kier alpha value is -2.93. The first-order chi connectivity index (χ1) is 13.8. The summed E-state index contributed by atoms with van der Waals surface area (Å²) in [7, 11) is 0. The lowest BCUT2D eigenvalue weighted by Gasteiger charge is -2.09. The highest BCUT2D eigenvalue weighted by Crippen LogP contribution is 2.20. The molecule has 3 rings (SSSR count). The number of hydrogen-bond acceptors (Lipinski definition) is 4. The van der Waals surface area contributed by atoms with Crippen LogP contribution in [0.15, 0.2) is 53.0 Å². The van der Waals surface area contributed by atoms with Gasteiger partial charge in [-0.1, -0.05) is 46.3 Å². The van der Waals surface area contributed by atoms with Crippen LogP contribution in [0.5, 0.6) is 0 Å². The van der Waals surface area contributed by atoms with Gasteiger partial charge in [0.1, 0.15) is 5.56 Å². The quantitative estimate of drug-likeness (QED) is 0.558. The molecular weight excluding hydrogens is 434 g/mol. The van der Waals surface area contributed by atoms with Crippen molar-refractivity contribution in [3.05, 3.63) is 81.1 Å². The second-order valence-electron chi connectivity index (χ2n) is 6.77. The third-order valence-electron chi connectivity index (χ3n) is 4.56. The van der Waals surface area contributed by atoms with E-state index in [0.717, 1.165) is 15.6 Å². The van der Waals surface area contributed by atoms with Crippen LogP contribution in [0.4, 0.5) is 5.69 Å². The Labute approximate surface area is 178 Å². The Kier molecular flexibility index (Phi) is 6.49. The number of carbonyl (C=O) groups excluding carboxylic acids is 2. The predicted molar refractivity (Wildman–Crippen MR) is 115 cm³/mol. The average Bonchev–Trinajstić information content (AvgIpc) is 2.96. The molecule has 0 fully saturated rings. The summed E-state index contributed by atoms with van der Waals surface area (Å²) in [5.74, 6) is -0.947. The van der Waals surface area contributed by atoms with Gasteiger partial charge in [0, 0.05) is 10.2 Å². The predicted octanol–water partition coefficient (Wildman–Crippen LogP) is 4.41. The van der Waals surface area contributed by atoms with Gasteiger partial charge in [-0.05, 0) is 50.1 Å². The largest absolute Gasteiger partial charge is 0.452 e. The Morgan fingerprint density at radius 3 is 2.52 bits per heavy atom. The highest BCUT2D eigenvalue weighted by atomic mass is 79.9. The van der Waals surface area contributed by atoms with Crippen molar-refractivity contribution in [2.75, 3.05) is 11.9 Å². The van der Waals surface area contributed by atoms with Gasteiger partial charge < -0.3 is 10.1 Å². The maximum absolute atomic E-state index is 12.6. The average molecular weight is 456 g/mol. The molecule has 0 bridgehead atoms. The lowest BCUT2D eigenvalue weighted by Crippen LogP contribution is -2.21. The van der Waals surface area contributed by atoms with Crippen LogP contribution in [0.2, 0.25) is 0 Å². The number of hydrogen-bond donors (Lipinski definition) is 1. The summed E-state index contributed by atoms with van der Waals surface area (Å²) in [4.78, 5) is 24.7. The standard InChI is InChI=1S/C22H22BrN3O3/c1-14-11-18(23)9-10-19(14)24-20(27)13-29-22(28)21-15(2)25-26(16(21)3)12-17-7-5-4-6-8-17/h4-11H,12-13H2,1-3H3,(H,24,27). The second kappa shape index (κ2) is 9.05. The van der Waals surface area contributed by atoms with E-state index in [0.29, 0.717) is 29.2 Å². The van der Waals surface area contributed by atoms with Crippen LogP contribution in [0, 0.1) is 20.8 Å². The summed E-state index contributed by atoms with van der Waals surface area (Å²) < 4.78 is 7.94. The van der Waals surface area contributed by atoms with Gasteiger partial charge >= 0.3 is 5.97 Å². The number of halogens is 1. The maximum atomic E-state index is 12.6. The zero-order chi connectivity index (χ0) is 21.0. The molecule has 0 aliphatic carbocycles. The summed E-state index contributed by atoms with van der Waals surface area (Å²) in [6.45, 7) is 5.67. The van der Waals surface area contributed by atoms with Crippen molar-refractivity contribution >= 4 is 33.5 Å². The van der Waals surface area contributed by atoms with E-state index < -0.39 is 11.9 Å². The first-order valence-corrected chi connectivity index (χ1v) is 9.95. The number of anilines is 1. The SMILES string of the molecule is Cc1cc(Br)ccc1NC(=O)COC(=O)c1c(C)nn(Cc2ccccc2)c1C. The van der Waals surface area contributed by atoms with Crippen LogP contribution in [0.3, 0.4) is 0 Å². The van der Waals surface area contributed by atoms with Crippen molar-refractivity contribution in [3.8, 4) is 0 Å². The molecule has 1 heterocycles. The number of aryl methyl sites for hydroxylation is 2. The molecule has 0 aliphatic rings. The minimum Gasteiger partial charge on any atom is -0.452 e. The highest BCUT2D eigenvalue weighted by molar-refractivity contribution is 9.10. The molecule has 0 saturated heterocycles. The molecule has 0 atom stereocenters. The van der Waals surface area contributed by atoms with E-state index in [1.165, 1.54) is 0 Å². The zero-order valence-corrected chi connectivity index (χ0v) is 18.1. The summed E-state index contributed by atoms with van der Waals surface area (Å²) >= 11 is 3.38. The number of aromatic nitrogens is 2. The minimum atomic E-state index is -0.554. The van der Waals surface area contributed by atoms with Crippen molar-refractivity contribution in [1.29, 1.82) is 0 Å². The Morgan fingerprint density at radius 2 is 1.83 bits per heavy atom. The van der Waals surface area contributed by atoms with Crippen LogP contribution < -0.4 is 5.32 Å². The summed E-state index contributed by atoms with van der Waals surface area (Å²) in [5, 5.41) is 7.21. The van der Waals surface area contributed by atoms with E-state index in [1.54, 1.807) is 17.7 Å². The molecule has 0 unspecified atom stereocenters. The molecule has 0 saturated carbocycles. The summed E-state index contributed by atoms with van der Waals surface area (Å²) in [6.07, 6.45) is 0. The smallest absolute Gasteiger partial charge is 0.342 e. The van der Waals surface area contributed by atoms with E-state index in [-0.39, 0.29) is 6.61 Å². The van der Waals surface area contributed by atoms with Gasteiger partial charge in [-0.25, -0.2) is 4.79 Å². The van der Waals surface area contributed by atoms with Gasteiger partial charge in [0.05, 0.1) is 17.9 Å². The molecule has 0 radical (unpaired) electrons. The number of esters is 1. The second-order valence-corrected chi connectivity index (χ2v) is 7.69. The third-order valence-corrected chi connectivity index (χ3v) is 5.05. The molecule has 150 valence electrons. The zero-order valence-electron chi connectivity index (χ0n) is 16.5. The number of rotatable bonds is 6. The van der Waals surface area contributed by atoms with Gasteiger partial charge in [0.25, 0.3) is 5.91 Å². The monoisotopic (exact) mass is 455 g/mol. The van der Waals surface area contributed by atoms with Crippen LogP contribution in [0.25, 0.3) is 0 Å². The van der Waals surface area contributed by atoms with Crippen LogP contribution in [-0.4, -0.2) is 28.3 Å². The first kappa shape index (κ1) is 20.8. The lowest BCUT2D eigenvalue weighted by atomic mass is 10.2. The fraction of sp³-hybridized carbons (Fsp3) is 0.227. The van der Waals surface area contributed by atoms with Crippen molar-refractivity contribution in [3.63, 3.8) is 0 Å². The van der Waals surface area contributed by atoms with Crippen LogP contribution in [-0.2, 0) is 16.1 Å². The summed E-state index contributed by atoms with van der Waals surface area (Å²) in [5.41, 5.74) is 4.36. The molecule has 2 aromatic carbocycles. The highest BCUT2D eigenvalue weighted by Gasteiger charge is 2.21. The fourth-order valence-corrected chi connectivity index (χ4v) is 3.54. The molecule has 1 aromatic heterocycles. The molecule has 7 heteroatoms. The van der Waals surface area contributed by atoms with E-state index >= 15 is 0 Å². The van der Waals surface area contributed by atoms with Gasteiger partial charge in [-0.2, -0.15) is 5.10 Å². The number of carbonyl (C=O) groups is 2. The molecular formula is C22H22BrN3O3. The number of ether oxygens (including phenoxy) is 1. The Balaban J connectivity index is 1.64. The normalized spacial score (nSPS) is 10.6. The molecule has 0 spiro atoms. The van der Waals surface area contributed by atoms with Gasteiger partial charge in [-0.15, -0.1) is 0 Å². The number of nitrogens with zero attached hydrogens (tertiary/aromatic N) is 2. The van der Waals surface area contributed by atoms with Gasteiger partial charge in [-0.3, -0.25) is 9.48 Å². The van der Waals surface area contributed by atoms with Crippen molar-refractivity contribution in [2.45, 2.75) is 27.3 Å². The molecule has 3 aromatic rings. The van der Waals surface area contributed by atoms with Crippen LogP contribution >= 0.6 is 15.9 Å². The van der Waals surface area contributed by atoms with Gasteiger partial charge in [0.15, 0.2) is 6.61 Å². The van der Waals surface area contributed by atoms with Crippen molar-refractivity contribution in [1.82, 2.24) is 9.78 Å². The van der Waals surface area contributed by atoms with Gasteiger partial charge in [0.2, 0.25) is 0 Å². The Bertz CT molecular complexity index is 1040. The molecule has 1 amide bonds. The first-order valence-electron chi connectivity index (χ1n) is 9.16. The molecule has 1 N–H and O–H groups in total. The van der Waals surface area contributed by atoms with E-state index in [4.69, 9.17) is 4.74 Å². The van der Waals surface area contributed by atoms with E-state index in [2.05, 4.69) is 26.3 Å². The number of amides is 1. The molecule has 0 aliphatic heterocycles. The minimum absolute atomic E-state index is 0.364. The topological polar surface area (TPSA) is 73.2 Å². The maximum Gasteiger partial charge on any atom is 0.342 e. The molecule has 29 heavy (non-hydrogen) atoms. The number of benzene rings is 2. The number of nitrogens with one attached hydrogen (secondary N) is 1. The lowest BCUT2D eigenvalue weighted by molar-refractivity contribution is -0.119. The van der Waals surface area contributed by atoms with Crippen LogP contribution in [0.1, 0.15) is 32.9 Å². The Morgan fingerprint density at radius 1 is 1.10 bits per heavy atom. The van der Waals surface area contributed by atoms with Crippen molar-refractivity contribution < 1.29 is 14.3 Å². The van der Waals surface area contributed by atoms with E-state index in [9.17, 15) is 9.59 Å². The van der Waals surface area contributed by atoms with Crippen molar-refractivity contribution in [2.24, 2.45) is 0 Å². The third kappa shape index (κ3) is 5.12.